The predicted octanol–water partition coefficient (Wildman–Crippen LogP) is 2.98. The number of pyridine rings is 1. The summed E-state index contributed by atoms with van der Waals surface area (Å²) in [6, 6.07) is 18.6. The molecule has 0 bridgehead atoms. The predicted molar refractivity (Wildman–Crippen MR) is 115 cm³/mol. The van der Waals surface area contributed by atoms with Crippen molar-refractivity contribution in [1.29, 1.82) is 0 Å². The summed E-state index contributed by atoms with van der Waals surface area (Å²) in [6.45, 7) is 0.403. The van der Waals surface area contributed by atoms with E-state index in [0.717, 1.165) is 28.1 Å². The van der Waals surface area contributed by atoms with E-state index >= 15 is 0 Å². The molecular formula is C24H21N3O3. The highest BCUT2D eigenvalue weighted by molar-refractivity contribution is 5.93. The summed E-state index contributed by atoms with van der Waals surface area (Å²) in [5.41, 5.74) is 9.50. The van der Waals surface area contributed by atoms with Crippen LogP contribution in [0.15, 0.2) is 72.9 Å². The van der Waals surface area contributed by atoms with Crippen molar-refractivity contribution in [2.45, 2.75) is 12.5 Å². The number of ether oxygens (including phenoxy) is 1. The molecule has 2 amide bonds. The molecule has 6 heteroatoms. The smallest absolute Gasteiger partial charge is 0.248 e. The van der Waals surface area contributed by atoms with Crippen LogP contribution >= 0.6 is 0 Å². The zero-order valence-electron chi connectivity index (χ0n) is 16.2. The van der Waals surface area contributed by atoms with Crippen LogP contribution in [0.3, 0.4) is 0 Å². The van der Waals surface area contributed by atoms with Crippen LogP contribution in [0.5, 0.6) is 5.75 Å². The number of fused-ring (bicyclic) bond motifs is 1. The Bertz CT molecular complexity index is 1090. The first-order chi connectivity index (χ1) is 14.6. The third-order valence-electron chi connectivity index (χ3n) is 4.91. The molecule has 0 saturated carbocycles. The molecule has 0 saturated heterocycles. The second-order valence-electron chi connectivity index (χ2n) is 7.01. The summed E-state index contributed by atoms with van der Waals surface area (Å²) < 4.78 is 6.14. The van der Waals surface area contributed by atoms with E-state index in [1.807, 2.05) is 48.5 Å². The van der Waals surface area contributed by atoms with Gasteiger partial charge in [-0.2, -0.15) is 0 Å². The van der Waals surface area contributed by atoms with Gasteiger partial charge in [-0.3, -0.25) is 14.6 Å². The number of hydrogen-bond acceptors (Lipinski definition) is 4. The Balaban J connectivity index is 1.40. The number of nitrogens with one attached hydrogen (secondary N) is 1. The molecule has 4 rings (SSSR count). The molecule has 1 aromatic heterocycles. The van der Waals surface area contributed by atoms with E-state index in [0.29, 0.717) is 18.5 Å². The van der Waals surface area contributed by atoms with Crippen LogP contribution in [0.4, 0.5) is 0 Å². The second kappa shape index (κ2) is 8.61. The lowest BCUT2D eigenvalue weighted by molar-refractivity contribution is -0.116. The topological polar surface area (TPSA) is 94.3 Å². The van der Waals surface area contributed by atoms with Crippen LogP contribution in [0.25, 0.3) is 17.2 Å². The Labute approximate surface area is 174 Å². The molecule has 0 spiro atoms. The fraction of sp³-hybridized carbons (Fsp3) is 0.125. The van der Waals surface area contributed by atoms with Crippen molar-refractivity contribution in [3.8, 4) is 16.9 Å². The normalized spacial score (nSPS) is 14.9. The molecule has 3 aromatic rings. The Kier molecular flexibility index (Phi) is 5.57. The van der Waals surface area contributed by atoms with Gasteiger partial charge in [-0.25, -0.2) is 0 Å². The maximum atomic E-state index is 12.1. The summed E-state index contributed by atoms with van der Waals surface area (Å²) >= 11 is 0. The minimum absolute atomic E-state index is 0.141. The van der Waals surface area contributed by atoms with E-state index in [1.54, 1.807) is 24.4 Å². The highest BCUT2D eigenvalue weighted by Gasteiger charge is 2.25. The number of nitrogens with zero attached hydrogens (tertiary/aromatic N) is 1. The fourth-order valence-electron chi connectivity index (χ4n) is 3.40. The van der Waals surface area contributed by atoms with Crippen LogP contribution in [0, 0.1) is 0 Å². The highest BCUT2D eigenvalue weighted by Crippen LogP contribution is 2.38. The number of carbonyl (C=O) groups excluding carboxylic acids is 2. The molecule has 1 atom stereocenters. The maximum absolute atomic E-state index is 12.1. The van der Waals surface area contributed by atoms with Gasteiger partial charge in [0.1, 0.15) is 11.9 Å². The van der Waals surface area contributed by atoms with E-state index in [-0.39, 0.29) is 12.0 Å². The molecule has 1 aliphatic heterocycles. The Morgan fingerprint density at radius 3 is 2.67 bits per heavy atom. The zero-order chi connectivity index (χ0) is 20.9. The van der Waals surface area contributed by atoms with Crippen molar-refractivity contribution >= 4 is 17.9 Å². The van der Waals surface area contributed by atoms with Gasteiger partial charge in [-0.1, -0.05) is 36.4 Å². The van der Waals surface area contributed by atoms with Crippen molar-refractivity contribution in [2.75, 3.05) is 6.54 Å². The molecule has 1 aliphatic rings. The van der Waals surface area contributed by atoms with Crippen molar-refractivity contribution in [1.82, 2.24) is 10.3 Å². The van der Waals surface area contributed by atoms with Crippen molar-refractivity contribution in [3.05, 3.63) is 89.8 Å². The van der Waals surface area contributed by atoms with Gasteiger partial charge in [0.05, 0.1) is 12.2 Å². The van der Waals surface area contributed by atoms with E-state index in [4.69, 9.17) is 10.5 Å². The SMILES string of the molecule is NC(=O)c1ccc(-c2cccc3c2OC(CNC(=O)C=Cc2ccccn2)C3)cc1. The summed E-state index contributed by atoms with van der Waals surface area (Å²) in [5.74, 6) is 0.166. The summed E-state index contributed by atoms with van der Waals surface area (Å²) in [4.78, 5) is 27.5. The van der Waals surface area contributed by atoms with Gasteiger partial charge >= 0.3 is 0 Å². The van der Waals surface area contributed by atoms with Crippen LogP contribution in [-0.2, 0) is 11.2 Å². The number of hydrogen-bond donors (Lipinski definition) is 2. The molecule has 0 aliphatic carbocycles. The highest BCUT2D eigenvalue weighted by atomic mass is 16.5. The quantitative estimate of drug-likeness (QED) is 0.623. The van der Waals surface area contributed by atoms with Gasteiger partial charge in [0.25, 0.3) is 0 Å². The number of para-hydroxylation sites is 1. The fourth-order valence-corrected chi connectivity index (χ4v) is 3.40. The van der Waals surface area contributed by atoms with Crippen LogP contribution in [0.1, 0.15) is 21.6 Å². The van der Waals surface area contributed by atoms with Crippen molar-refractivity contribution in [3.63, 3.8) is 0 Å². The van der Waals surface area contributed by atoms with Gasteiger partial charge in [0.2, 0.25) is 11.8 Å². The molecule has 6 nitrogen and oxygen atoms in total. The van der Waals surface area contributed by atoms with E-state index in [1.165, 1.54) is 6.08 Å². The second-order valence-corrected chi connectivity index (χ2v) is 7.01. The molecule has 0 radical (unpaired) electrons. The monoisotopic (exact) mass is 399 g/mol. The Morgan fingerprint density at radius 2 is 1.93 bits per heavy atom. The molecule has 1 unspecified atom stereocenters. The molecular weight excluding hydrogens is 378 g/mol. The van der Waals surface area contributed by atoms with E-state index < -0.39 is 5.91 Å². The van der Waals surface area contributed by atoms with E-state index in [2.05, 4.69) is 10.3 Å². The number of rotatable bonds is 6. The lowest BCUT2D eigenvalue weighted by atomic mass is 9.99. The summed E-state index contributed by atoms with van der Waals surface area (Å²) in [7, 11) is 0. The van der Waals surface area contributed by atoms with Gasteiger partial charge in [-0.15, -0.1) is 0 Å². The van der Waals surface area contributed by atoms with E-state index in [9.17, 15) is 9.59 Å². The zero-order valence-corrected chi connectivity index (χ0v) is 16.2. The minimum Gasteiger partial charge on any atom is -0.487 e. The van der Waals surface area contributed by atoms with Crippen molar-refractivity contribution in [2.24, 2.45) is 5.73 Å². The molecule has 2 heterocycles. The number of primary amides is 1. The first-order valence-electron chi connectivity index (χ1n) is 9.66. The van der Waals surface area contributed by atoms with Gasteiger partial charge in [-0.05, 0) is 41.5 Å². The Hall–Kier alpha value is -3.93. The molecule has 0 fully saturated rings. The number of carbonyl (C=O) groups is 2. The summed E-state index contributed by atoms with van der Waals surface area (Å²) in [6.07, 6.45) is 5.40. The average Bonchev–Trinajstić information content (AvgIpc) is 3.20. The minimum atomic E-state index is -0.455. The number of nitrogens with two attached hydrogens (primary N) is 1. The molecule has 2 aromatic carbocycles. The number of amides is 2. The average molecular weight is 399 g/mol. The third kappa shape index (κ3) is 4.38. The largest absolute Gasteiger partial charge is 0.487 e. The number of aromatic nitrogens is 1. The van der Waals surface area contributed by atoms with Crippen molar-refractivity contribution < 1.29 is 14.3 Å². The van der Waals surface area contributed by atoms with Crippen LogP contribution < -0.4 is 15.8 Å². The first-order valence-corrected chi connectivity index (χ1v) is 9.66. The van der Waals surface area contributed by atoms with Gasteiger partial charge < -0.3 is 15.8 Å². The van der Waals surface area contributed by atoms with Gasteiger partial charge in [0, 0.05) is 29.8 Å². The molecule has 150 valence electrons. The van der Waals surface area contributed by atoms with Gasteiger partial charge in [0.15, 0.2) is 0 Å². The lowest BCUT2D eigenvalue weighted by Gasteiger charge is -2.13. The number of benzene rings is 2. The molecule has 3 N–H and O–H groups in total. The van der Waals surface area contributed by atoms with Crippen LogP contribution in [-0.4, -0.2) is 29.4 Å². The maximum Gasteiger partial charge on any atom is 0.248 e. The first kappa shape index (κ1) is 19.4. The van der Waals surface area contributed by atoms with Crippen LogP contribution in [0.2, 0.25) is 0 Å². The standard InChI is InChI=1S/C24H21N3O3/c25-24(29)17-9-7-16(8-10-17)21-6-3-4-18-14-20(30-23(18)21)15-27-22(28)12-11-19-5-1-2-13-26-19/h1-13,20H,14-15H2,(H2,25,29)(H,27,28). The lowest BCUT2D eigenvalue weighted by Crippen LogP contribution is -2.33. The third-order valence-corrected chi connectivity index (χ3v) is 4.91. The summed E-state index contributed by atoms with van der Waals surface area (Å²) in [5, 5.41) is 2.88. The molecule has 30 heavy (non-hydrogen) atoms. The Morgan fingerprint density at radius 1 is 1.10 bits per heavy atom.